The quantitative estimate of drug-likeness (QED) is 0.0204. The minimum Gasteiger partial charge on any atom is -0.394 e. The maximum absolute atomic E-state index is 13.3. The van der Waals surface area contributed by atoms with E-state index in [0.29, 0.717) is 6.42 Å². The highest BCUT2D eigenvalue weighted by molar-refractivity contribution is 5.76. The topological polar surface area (TPSA) is 228 Å². The number of rotatable bonds is 51. The fourth-order valence-corrected chi connectivity index (χ4v) is 10.6. The summed E-state index contributed by atoms with van der Waals surface area (Å²) < 4.78 is 22.8. The number of hydrogen-bond donors (Lipinski definition) is 9. The van der Waals surface area contributed by atoms with Crippen molar-refractivity contribution in [1.29, 1.82) is 0 Å². The van der Waals surface area contributed by atoms with Gasteiger partial charge in [0.2, 0.25) is 5.91 Å². The Labute approximate surface area is 456 Å². The summed E-state index contributed by atoms with van der Waals surface area (Å²) in [5, 5.41) is 87.2. The largest absolute Gasteiger partial charge is 0.394 e. The van der Waals surface area contributed by atoms with Crippen LogP contribution >= 0.6 is 0 Å². The van der Waals surface area contributed by atoms with E-state index in [1.807, 2.05) is 6.08 Å². The number of allylic oxidation sites excluding steroid dienone is 1. The number of carbonyl (C=O) groups is 1. The average Bonchev–Trinajstić information content (AvgIpc) is 3.41. The summed E-state index contributed by atoms with van der Waals surface area (Å²) in [6, 6.07) is -0.910. The Morgan fingerprint density at radius 3 is 1.23 bits per heavy atom. The molecule has 0 aromatic carbocycles. The van der Waals surface area contributed by atoms with Gasteiger partial charge in [-0.3, -0.25) is 4.79 Å². The van der Waals surface area contributed by atoms with Crippen molar-refractivity contribution in [2.45, 2.75) is 351 Å². The minimum absolute atomic E-state index is 0.233. The molecule has 2 rings (SSSR count). The lowest BCUT2D eigenvalue weighted by Crippen LogP contribution is -2.65. The molecule has 2 aliphatic rings. The molecule has 444 valence electrons. The van der Waals surface area contributed by atoms with Crippen molar-refractivity contribution in [3.05, 3.63) is 12.2 Å². The minimum atomic E-state index is -1.79. The molecule has 0 bridgehead atoms. The van der Waals surface area contributed by atoms with Crippen LogP contribution < -0.4 is 5.32 Å². The van der Waals surface area contributed by atoms with Gasteiger partial charge in [-0.25, -0.2) is 0 Å². The zero-order chi connectivity index (χ0) is 54.6. The van der Waals surface area contributed by atoms with Gasteiger partial charge in [-0.05, 0) is 19.3 Å². The fourth-order valence-electron chi connectivity index (χ4n) is 10.6. The van der Waals surface area contributed by atoms with Gasteiger partial charge in [0.1, 0.15) is 48.8 Å². The first kappa shape index (κ1) is 69.8. The molecular weight excluding hydrogens is 955 g/mol. The molecule has 2 saturated heterocycles. The number of ether oxygens (including phenoxy) is 4. The molecule has 2 heterocycles. The molecule has 75 heavy (non-hydrogen) atoms. The summed E-state index contributed by atoms with van der Waals surface area (Å²) in [4.78, 5) is 13.3. The first-order valence-corrected chi connectivity index (χ1v) is 31.4. The SMILES string of the molecule is CCCCCCCCCCCCCCCCCCCCCCCC/C=C/C(O)C(COC1OC(CO)C(OC2OC(CO)C(O)C(O)C2O)C(O)C1O)NC(=O)CCCCCCCCCCCCCCCCCCC. The average molecular weight is 1070 g/mol. The molecule has 12 unspecified atom stereocenters. The highest BCUT2D eigenvalue weighted by atomic mass is 16.7. The van der Waals surface area contributed by atoms with Crippen LogP contribution in [0.15, 0.2) is 12.2 Å². The van der Waals surface area contributed by atoms with Crippen molar-refractivity contribution in [2.75, 3.05) is 19.8 Å². The molecule has 0 spiro atoms. The van der Waals surface area contributed by atoms with Crippen molar-refractivity contribution >= 4 is 5.91 Å². The van der Waals surface area contributed by atoms with Crippen LogP contribution in [-0.2, 0) is 23.7 Å². The molecule has 0 aromatic heterocycles. The molecule has 1 amide bonds. The van der Waals surface area contributed by atoms with Crippen LogP contribution in [0.2, 0.25) is 0 Å². The number of unbranched alkanes of at least 4 members (excludes halogenated alkanes) is 38. The smallest absolute Gasteiger partial charge is 0.220 e. The van der Waals surface area contributed by atoms with Gasteiger partial charge in [0.25, 0.3) is 0 Å². The Morgan fingerprint density at radius 2 is 0.827 bits per heavy atom. The van der Waals surface area contributed by atoms with E-state index in [2.05, 4.69) is 19.2 Å². The second-order valence-electron chi connectivity index (χ2n) is 22.6. The predicted molar refractivity (Wildman–Crippen MR) is 300 cm³/mol. The molecule has 9 N–H and O–H groups in total. The van der Waals surface area contributed by atoms with E-state index in [1.165, 1.54) is 212 Å². The summed E-state index contributed by atoms with van der Waals surface area (Å²) in [5.74, 6) is -0.233. The zero-order valence-corrected chi connectivity index (χ0v) is 47.8. The van der Waals surface area contributed by atoms with Crippen LogP contribution in [0.1, 0.15) is 277 Å². The van der Waals surface area contributed by atoms with Crippen LogP contribution in [-0.4, -0.2) is 140 Å². The van der Waals surface area contributed by atoms with Gasteiger partial charge in [-0.2, -0.15) is 0 Å². The number of nitrogens with one attached hydrogen (secondary N) is 1. The highest BCUT2D eigenvalue weighted by Gasteiger charge is 2.51. The van der Waals surface area contributed by atoms with Crippen LogP contribution in [0.4, 0.5) is 0 Å². The lowest BCUT2D eigenvalue weighted by atomic mass is 9.97. The monoisotopic (exact) mass is 1070 g/mol. The van der Waals surface area contributed by atoms with Crippen LogP contribution in [0, 0.1) is 0 Å². The Bertz CT molecular complexity index is 1310. The Kier molecular flexibility index (Phi) is 44.3. The summed E-state index contributed by atoms with van der Waals surface area (Å²) in [5.41, 5.74) is 0. The number of aliphatic hydroxyl groups excluding tert-OH is 8. The molecule has 12 atom stereocenters. The molecule has 14 nitrogen and oxygen atoms in total. The van der Waals surface area contributed by atoms with E-state index in [4.69, 9.17) is 18.9 Å². The predicted octanol–water partition coefficient (Wildman–Crippen LogP) is 11.1. The Hall–Kier alpha value is -1.27. The summed E-state index contributed by atoms with van der Waals surface area (Å²) in [6.07, 6.45) is 38.2. The Morgan fingerprint density at radius 1 is 0.467 bits per heavy atom. The molecular formula is C61H117NO13. The number of aliphatic hydroxyl groups is 8. The molecule has 0 radical (unpaired) electrons. The molecule has 14 heteroatoms. The third kappa shape index (κ3) is 33.2. The molecule has 2 fully saturated rings. The van der Waals surface area contributed by atoms with E-state index in [-0.39, 0.29) is 18.9 Å². The van der Waals surface area contributed by atoms with Crippen molar-refractivity contribution in [1.82, 2.24) is 5.32 Å². The van der Waals surface area contributed by atoms with Gasteiger partial charge in [0, 0.05) is 6.42 Å². The van der Waals surface area contributed by atoms with E-state index in [1.54, 1.807) is 6.08 Å². The Balaban J connectivity index is 1.74. The van der Waals surface area contributed by atoms with Crippen molar-refractivity contribution in [3.63, 3.8) is 0 Å². The number of carbonyl (C=O) groups excluding carboxylic acids is 1. The summed E-state index contributed by atoms with van der Waals surface area (Å²) in [6.45, 7) is 2.84. The van der Waals surface area contributed by atoms with Crippen molar-refractivity contribution < 1.29 is 64.6 Å². The lowest BCUT2D eigenvalue weighted by Gasteiger charge is -2.46. The third-order valence-electron chi connectivity index (χ3n) is 15.7. The van der Waals surface area contributed by atoms with Gasteiger partial charge < -0.3 is 65.1 Å². The summed E-state index contributed by atoms with van der Waals surface area (Å²) >= 11 is 0. The van der Waals surface area contributed by atoms with E-state index in [0.717, 1.165) is 38.5 Å². The van der Waals surface area contributed by atoms with Crippen LogP contribution in [0.25, 0.3) is 0 Å². The standard InChI is InChI=1S/C61H117NO13/c1-3-5-7-9-11-13-15-17-19-21-22-23-24-25-26-27-29-30-32-34-36-38-40-42-44-50(65)49(62-53(66)45-43-41-39-37-35-33-31-28-20-18-16-14-12-10-8-6-4-2)48-72-60-58(71)56(69)59(52(47-64)74-60)75-61-57(70)55(68)54(67)51(46-63)73-61/h42,44,49-52,54-61,63-65,67-71H,3-41,43,45-48H2,1-2H3,(H,62,66)/b44-42+. The van der Waals surface area contributed by atoms with Gasteiger partial charge in [0.15, 0.2) is 12.6 Å². The van der Waals surface area contributed by atoms with E-state index >= 15 is 0 Å². The van der Waals surface area contributed by atoms with Crippen molar-refractivity contribution in [2.24, 2.45) is 0 Å². The number of amides is 1. The fraction of sp³-hybridized carbons (Fsp3) is 0.951. The van der Waals surface area contributed by atoms with Gasteiger partial charge in [-0.15, -0.1) is 0 Å². The van der Waals surface area contributed by atoms with E-state index in [9.17, 15) is 45.6 Å². The van der Waals surface area contributed by atoms with Crippen LogP contribution in [0.3, 0.4) is 0 Å². The first-order valence-electron chi connectivity index (χ1n) is 31.4. The van der Waals surface area contributed by atoms with Crippen molar-refractivity contribution in [3.8, 4) is 0 Å². The first-order chi connectivity index (χ1) is 36.6. The van der Waals surface area contributed by atoms with E-state index < -0.39 is 86.8 Å². The van der Waals surface area contributed by atoms with Crippen LogP contribution in [0.5, 0.6) is 0 Å². The lowest BCUT2D eigenvalue weighted by molar-refractivity contribution is -0.359. The normalized spacial score (nSPS) is 25.0. The zero-order valence-electron chi connectivity index (χ0n) is 47.8. The van der Waals surface area contributed by atoms with Gasteiger partial charge in [0.05, 0.1) is 32.0 Å². The maximum Gasteiger partial charge on any atom is 0.220 e. The second-order valence-corrected chi connectivity index (χ2v) is 22.6. The third-order valence-corrected chi connectivity index (χ3v) is 15.7. The van der Waals surface area contributed by atoms with Gasteiger partial charge in [-0.1, -0.05) is 264 Å². The highest BCUT2D eigenvalue weighted by Crippen LogP contribution is 2.30. The maximum atomic E-state index is 13.3. The molecule has 0 saturated carbocycles. The molecule has 0 aromatic rings. The second kappa shape index (κ2) is 47.5. The van der Waals surface area contributed by atoms with Gasteiger partial charge >= 0.3 is 0 Å². The molecule has 0 aliphatic carbocycles. The number of hydrogen-bond acceptors (Lipinski definition) is 13. The molecule has 2 aliphatic heterocycles. The summed E-state index contributed by atoms with van der Waals surface area (Å²) in [7, 11) is 0.